The SMILES string of the molecule is O=C(CSc1nnc2ccccn12)Nc1cccc(-c2nnc3n2CCCCC3)c1. The van der Waals surface area contributed by atoms with Crippen LogP contribution in [0.15, 0.2) is 53.8 Å². The quantitative estimate of drug-likeness (QED) is 0.499. The number of nitrogens with one attached hydrogen (secondary N) is 1. The standard InChI is InChI=1S/C21H21N7OS/c29-19(14-30-21-26-24-18-10-3-5-12-28(18)21)22-16-8-6-7-15(13-16)20-25-23-17-9-2-1-4-11-27(17)20/h3,5-8,10,12-13H,1-2,4,9,11,14H2,(H,22,29). The molecular formula is C21H21N7OS. The highest BCUT2D eigenvalue weighted by molar-refractivity contribution is 7.99. The van der Waals surface area contributed by atoms with Crippen LogP contribution in [-0.4, -0.2) is 41.0 Å². The van der Waals surface area contributed by atoms with Gasteiger partial charge in [-0.15, -0.1) is 20.4 Å². The number of fused-ring (bicyclic) bond motifs is 2. The molecule has 8 nitrogen and oxygen atoms in total. The summed E-state index contributed by atoms with van der Waals surface area (Å²) in [5.74, 6) is 2.08. The molecule has 4 aromatic rings. The fourth-order valence-corrected chi connectivity index (χ4v) is 4.40. The number of hydrogen-bond donors (Lipinski definition) is 1. The third kappa shape index (κ3) is 3.80. The van der Waals surface area contributed by atoms with Crippen LogP contribution in [0.4, 0.5) is 5.69 Å². The van der Waals surface area contributed by atoms with Gasteiger partial charge in [-0.05, 0) is 37.1 Å². The van der Waals surface area contributed by atoms with Crippen LogP contribution in [0, 0.1) is 0 Å². The zero-order valence-corrected chi connectivity index (χ0v) is 17.2. The lowest BCUT2D eigenvalue weighted by atomic mass is 10.2. The van der Waals surface area contributed by atoms with E-state index in [1.54, 1.807) is 0 Å². The van der Waals surface area contributed by atoms with E-state index in [1.165, 1.54) is 18.2 Å². The van der Waals surface area contributed by atoms with Gasteiger partial charge in [0.05, 0.1) is 5.75 Å². The Morgan fingerprint density at radius 3 is 2.97 bits per heavy atom. The van der Waals surface area contributed by atoms with Crippen LogP contribution in [0.3, 0.4) is 0 Å². The topological polar surface area (TPSA) is 90.0 Å². The van der Waals surface area contributed by atoms with Gasteiger partial charge >= 0.3 is 0 Å². The molecule has 1 amide bonds. The van der Waals surface area contributed by atoms with E-state index >= 15 is 0 Å². The molecule has 0 radical (unpaired) electrons. The molecule has 0 saturated heterocycles. The van der Waals surface area contributed by atoms with Gasteiger partial charge in [0, 0.05) is 30.4 Å². The summed E-state index contributed by atoms with van der Waals surface area (Å²) in [6.07, 6.45) is 6.38. The van der Waals surface area contributed by atoms with E-state index in [0.29, 0.717) is 5.16 Å². The Kier molecular flexibility index (Phi) is 5.18. The maximum Gasteiger partial charge on any atom is 0.234 e. The summed E-state index contributed by atoms with van der Waals surface area (Å²) in [5.41, 5.74) is 2.47. The third-order valence-electron chi connectivity index (χ3n) is 5.13. The molecule has 0 atom stereocenters. The van der Waals surface area contributed by atoms with Crippen LogP contribution < -0.4 is 5.32 Å². The fraction of sp³-hybridized carbons (Fsp3) is 0.286. The van der Waals surface area contributed by atoms with Crippen LogP contribution in [-0.2, 0) is 17.8 Å². The Bertz CT molecular complexity index is 1200. The second-order valence-electron chi connectivity index (χ2n) is 7.23. The van der Waals surface area contributed by atoms with E-state index in [4.69, 9.17) is 0 Å². The molecule has 3 aromatic heterocycles. The molecule has 4 heterocycles. The average molecular weight is 420 g/mol. The van der Waals surface area contributed by atoms with Gasteiger partial charge < -0.3 is 9.88 Å². The number of aryl methyl sites for hydroxylation is 1. The van der Waals surface area contributed by atoms with Gasteiger partial charge in [0.25, 0.3) is 0 Å². The minimum Gasteiger partial charge on any atom is -0.325 e. The first-order chi connectivity index (χ1) is 14.8. The smallest absolute Gasteiger partial charge is 0.234 e. The zero-order chi connectivity index (χ0) is 20.3. The van der Waals surface area contributed by atoms with Gasteiger partial charge in [-0.3, -0.25) is 9.20 Å². The number of pyridine rings is 1. The Morgan fingerprint density at radius 1 is 1.03 bits per heavy atom. The Morgan fingerprint density at radius 2 is 2.00 bits per heavy atom. The van der Waals surface area contributed by atoms with Crippen molar-refractivity contribution in [2.45, 2.75) is 37.4 Å². The Hall–Kier alpha value is -3.20. The highest BCUT2D eigenvalue weighted by atomic mass is 32.2. The van der Waals surface area contributed by atoms with E-state index < -0.39 is 0 Å². The molecule has 30 heavy (non-hydrogen) atoms. The first-order valence-corrected chi connectivity index (χ1v) is 11.0. The van der Waals surface area contributed by atoms with Crippen molar-refractivity contribution in [3.63, 3.8) is 0 Å². The molecule has 0 aliphatic carbocycles. The lowest BCUT2D eigenvalue weighted by Gasteiger charge is -2.09. The van der Waals surface area contributed by atoms with Crippen LogP contribution >= 0.6 is 11.8 Å². The van der Waals surface area contributed by atoms with Gasteiger partial charge in [-0.2, -0.15) is 0 Å². The van der Waals surface area contributed by atoms with Crippen molar-refractivity contribution in [3.8, 4) is 11.4 Å². The summed E-state index contributed by atoms with van der Waals surface area (Å²) in [4.78, 5) is 12.5. The molecule has 1 aromatic carbocycles. The number of anilines is 1. The van der Waals surface area contributed by atoms with Crippen LogP contribution in [0.5, 0.6) is 0 Å². The average Bonchev–Trinajstić information content (AvgIpc) is 3.29. The summed E-state index contributed by atoms with van der Waals surface area (Å²) < 4.78 is 4.08. The second-order valence-corrected chi connectivity index (χ2v) is 8.17. The van der Waals surface area contributed by atoms with Crippen molar-refractivity contribution in [1.82, 2.24) is 29.4 Å². The first-order valence-electron chi connectivity index (χ1n) is 10.0. The number of carbonyl (C=O) groups is 1. The maximum absolute atomic E-state index is 12.5. The lowest BCUT2D eigenvalue weighted by molar-refractivity contribution is -0.113. The van der Waals surface area contributed by atoms with E-state index in [-0.39, 0.29) is 11.7 Å². The number of benzene rings is 1. The van der Waals surface area contributed by atoms with Gasteiger partial charge in [0.15, 0.2) is 16.6 Å². The van der Waals surface area contributed by atoms with Crippen molar-refractivity contribution >= 4 is 29.0 Å². The predicted molar refractivity (Wildman–Crippen MR) is 115 cm³/mol. The van der Waals surface area contributed by atoms with E-state index in [9.17, 15) is 4.79 Å². The van der Waals surface area contributed by atoms with Crippen molar-refractivity contribution < 1.29 is 4.79 Å². The number of nitrogens with zero attached hydrogens (tertiary/aromatic N) is 6. The number of amides is 1. The molecule has 9 heteroatoms. The molecule has 1 aliphatic rings. The monoisotopic (exact) mass is 419 g/mol. The van der Waals surface area contributed by atoms with E-state index in [0.717, 1.165) is 54.4 Å². The van der Waals surface area contributed by atoms with Gasteiger partial charge in [-0.1, -0.05) is 36.4 Å². The van der Waals surface area contributed by atoms with Gasteiger partial charge in [-0.25, -0.2) is 0 Å². The van der Waals surface area contributed by atoms with Crippen LogP contribution in [0.25, 0.3) is 17.0 Å². The predicted octanol–water partition coefficient (Wildman–Crippen LogP) is 3.45. The zero-order valence-electron chi connectivity index (χ0n) is 16.4. The second kappa shape index (κ2) is 8.27. The van der Waals surface area contributed by atoms with Crippen molar-refractivity contribution in [2.24, 2.45) is 0 Å². The number of hydrogen-bond acceptors (Lipinski definition) is 6. The summed E-state index contributed by atoms with van der Waals surface area (Å²) >= 11 is 1.36. The molecule has 1 N–H and O–H groups in total. The molecule has 0 bridgehead atoms. The Balaban J connectivity index is 1.28. The van der Waals surface area contributed by atoms with Crippen LogP contribution in [0.2, 0.25) is 0 Å². The number of thioether (sulfide) groups is 1. The maximum atomic E-state index is 12.5. The fourth-order valence-electron chi connectivity index (χ4n) is 3.68. The minimum atomic E-state index is -0.0927. The lowest BCUT2D eigenvalue weighted by Crippen LogP contribution is -2.14. The Labute approximate surface area is 177 Å². The molecule has 0 fully saturated rings. The minimum absolute atomic E-state index is 0.0927. The number of aromatic nitrogens is 6. The van der Waals surface area contributed by atoms with Gasteiger partial charge in [0.1, 0.15) is 5.82 Å². The summed E-state index contributed by atoms with van der Waals surface area (Å²) in [5, 5.41) is 20.7. The van der Waals surface area contributed by atoms with E-state index in [1.807, 2.05) is 53.1 Å². The largest absolute Gasteiger partial charge is 0.325 e. The van der Waals surface area contributed by atoms with E-state index in [2.05, 4.69) is 30.3 Å². The van der Waals surface area contributed by atoms with Gasteiger partial charge in [0.2, 0.25) is 5.91 Å². The summed E-state index contributed by atoms with van der Waals surface area (Å²) in [6.45, 7) is 0.942. The molecule has 1 aliphatic heterocycles. The van der Waals surface area contributed by atoms with Crippen molar-refractivity contribution in [2.75, 3.05) is 11.1 Å². The highest BCUT2D eigenvalue weighted by Gasteiger charge is 2.16. The normalized spacial score (nSPS) is 13.7. The molecule has 0 saturated carbocycles. The van der Waals surface area contributed by atoms with Crippen molar-refractivity contribution in [1.29, 1.82) is 0 Å². The molecular weight excluding hydrogens is 398 g/mol. The number of carbonyl (C=O) groups excluding carboxylic acids is 1. The molecule has 0 unspecified atom stereocenters. The summed E-state index contributed by atoms with van der Waals surface area (Å²) in [6, 6.07) is 13.5. The molecule has 152 valence electrons. The first kappa shape index (κ1) is 18.8. The van der Waals surface area contributed by atoms with Crippen LogP contribution in [0.1, 0.15) is 25.1 Å². The molecule has 5 rings (SSSR count). The summed E-state index contributed by atoms with van der Waals surface area (Å²) in [7, 11) is 0. The highest BCUT2D eigenvalue weighted by Crippen LogP contribution is 2.25. The molecule has 0 spiro atoms. The third-order valence-corrected chi connectivity index (χ3v) is 6.07. The van der Waals surface area contributed by atoms with Crippen molar-refractivity contribution in [3.05, 3.63) is 54.5 Å². The number of rotatable bonds is 5.